The Kier molecular flexibility index (Phi) is 7.98. The highest BCUT2D eigenvalue weighted by atomic mass is 79.9. The fraction of sp³-hybridized carbons (Fsp3) is 0.235. The maximum atomic E-state index is 12.0. The second-order valence-corrected chi connectivity index (χ2v) is 9.71. The second kappa shape index (κ2) is 10.0. The molecule has 0 unspecified atom stereocenters. The van der Waals surface area contributed by atoms with Crippen LogP contribution in [0.5, 0.6) is 0 Å². The topological polar surface area (TPSA) is 108 Å². The van der Waals surface area contributed by atoms with Crippen LogP contribution in [-0.4, -0.2) is 55.9 Å². The Labute approximate surface area is 176 Å². The van der Waals surface area contributed by atoms with Gasteiger partial charge in [-0.25, -0.2) is 17.7 Å². The fourth-order valence-electron chi connectivity index (χ4n) is 1.94. The minimum absolute atomic E-state index is 0.0507. The molecule has 0 aliphatic carbocycles. The van der Waals surface area contributed by atoms with Crippen LogP contribution in [0, 0.1) is 0 Å². The molecule has 0 aliphatic heterocycles. The van der Waals surface area contributed by atoms with Gasteiger partial charge in [0.1, 0.15) is 4.90 Å². The molecule has 11 heteroatoms. The van der Waals surface area contributed by atoms with Crippen LogP contribution >= 0.6 is 27.7 Å². The van der Waals surface area contributed by atoms with Crippen molar-refractivity contribution >= 4 is 55.2 Å². The van der Waals surface area contributed by atoms with Gasteiger partial charge in [0.25, 0.3) is 0 Å². The van der Waals surface area contributed by atoms with Crippen LogP contribution in [0.1, 0.15) is 0 Å². The molecule has 0 fully saturated rings. The van der Waals surface area contributed by atoms with Crippen LogP contribution < -0.4 is 10.6 Å². The van der Waals surface area contributed by atoms with Gasteiger partial charge in [-0.15, -0.1) is 0 Å². The number of carbonyl (C=O) groups excluding carboxylic acids is 2. The number of pyridine rings is 1. The molecule has 0 aliphatic rings. The van der Waals surface area contributed by atoms with Gasteiger partial charge in [0, 0.05) is 24.8 Å². The standard InChI is InChI=1S/C17H19BrN4O4S2/c1-22(2)28(25,26)12-7-8-17(20-9-12)27-11-16(24)19-10-15(23)21-14-6-4-3-5-13(14)18/h3-9H,10-11H2,1-2H3,(H,19,24)(H,21,23). The number of anilines is 1. The molecule has 2 aromatic rings. The minimum Gasteiger partial charge on any atom is -0.346 e. The van der Waals surface area contributed by atoms with Crippen molar-refractivity contribution in [3.8, 4) is 0 Å². The first-order chi connectivity index (χ1) is 13.2. The van der Waals surface area contributed by atoms with Crippen LogP contribution in [-0.2, 0) is 19.6 Å². The Hall–Kier alpha value is -1.95. The Morgan fingerprint density at radius 2 is 1.86 bits per heavy atom. The van der Waals surface area contributed by atoms with Crippen molar-refractivity contribution in [1.82, 2.24) is 14.6 Å². The largest absolute Gasteiger partial charge is 0.346 e. The van der Waals surface area contributed by atoms with Gasteiger partial charge in [0.2, 0.25) is 21.8 Å². The van der Waals surface area contributed by atoms with E-state index in [0.717, 1.165) is 20.5 Å². The number of nitrogens with one attached hydrogen (secondary N) is 2. The average molecular weight is 487 g/mol. The molecule has 0 radical (unpaired) electrons. The number of sulfonamides is 1. The Morgan fingerprint density at radius 3 is 2.46 bits per heavy atom. The van der Waals surface area contributed by atoms with Gasteiger partial charge in [0.05, 0.1) is 23.0 Å². The lowest BCUT2D eigenvalue weighted by atomic mass is 10.3. The highest BCUT2D eigenvalue weighted by Crippen LogP contribution is 2.21. The minimum atomic E-state index is -3.54. The smallest absolute Gasteiger partial charge is 0.244 e. The number of benzene rings is 1. The Bertz CT molecular complexity index is 950. The van der Waals surface area contributed by atoms with Gasteiger partial charge in [0.15, 0.2) is 0 Å². The second-order valence-electron chi connectivity index (χ2n) is 5.71. The van der Waals surface area contributed by atoms with Crippen molar-refractivity contribution in [3.63, 3.8) is 0 Å². The zero-order valence-electron chi connectivity index (χ0n) is 15.2. The summed E-state index contributed by atoms with van der Waals surface area (Å²) in [6.45, 7) is -0.159. The molecule has 0 saturated carbocycles. The van der Waals surface area contributed by atoms with E-state index in [-0.39, 0.29) is 29.0 Å². The van der Waals surface area contributed by atoms with E-state index in [1.54, 1.807) is 18.2 Å². The summed E-state index contributed by atoms with van der Waals surface area (Å²) in [6.07, 6.45) is 1.25. The summed E-state index contributed by atoms with van der Waals surface area (Å²) < 4.78 is 25.8. The maximum absolute atomic E-state index is 12.0. The number of hydrogen-bond donors (Lipinski definition) is 2. The van der Waals surface area contributed by atoms with E-state index >= 15 is 0 Å². The van der Waals surface area contributed by atoms with Crippen molar-refractivity contribution in [3.05, 3.63) is 47.1 Å². The van der Waals surface area contributed by atoms with E-state index in [0.29, 0.717) is 10.7 Å². The number of rotatable bonds is 8. The third-order valence-electron chi connectivity index (χ3n) is 3.43. The molecule has 150 valence electrons. The molecule has 1 aromatic heterocycles. The van der Waals surface area contributed by atoms with Crippen molar-refractivity contribution in [1.29, 1.82) is 0 Å². The normalized spacial score (nSPS) is 11.3. The van der Waals surface area contributed by atoms with Gasteiger partial charge in [-0.2, -0.15) is 0 Å². The summed E-state index contributed by atoms with van der Waals surface area (Å²) in [5.41, 5.74) is 0.619. The molecule has 28 heavy (non-hydrogen) atoms. The summed E-state index contributed by atoms with van der Waals surface area (Å²) in [5.74, 6) is -0.629. The SMILES string of the molecule is CN(C)S(=O)(=O)c1ccc(SCC(=O)NCC(=O)Nc2ccccc2Br)nc1. The quantitative estimate of drug-likeness (QED) is 0.551. The van der Waals surface area contributed by atoms with Gasteiger partial charge in [-0.05, 0) is 40.2 Å². The van der Waals surface area contributed by atoms with Crippen LogP contribution in [0.3, 0.4) is 0 Å². The third kappa shape index (κ3) is 6.30. The number of amides is 2. The van der Waals surface area contributed by atoms with E-state index < -0.39 is 10.0 Å². The molecule has 0 bridgehead atoms. The summed E-state index contributed by atoms with van der Waals surface area (Å²) in [7, 11) is -0.659. The average Bonchev–Trinajstić information content (AvgIpc) is 2.66. The van der Waals surface area contributed by atoms with E-state index in [2.05, 4.69) is 31.5 Å². The molecule has 1 aromatic carbocycles. The number of aromatic nitrogens is 1. The first-order valence-electron chi connectivity index (χ1n) is 8.02. The summed E-state index contributed by atoms with van der Waals surface area (Å²) in [6, 6.07) is 10.1. The Morgan fingerprint density at radius 1 is 1.14 bits per heavy atom. The molecular formula is C17H19BrN4O4S2. The van der Waals surface area contributed by atoms with Crippen molar-refractivity contribution in [2.75, 3.05) is 31.7 Å². The highest BCUT2D eigenvalue weighted by Gasteiger charge is 2.17. The number of para-hydroxylation sites is 1. The van der Waals surface area contributed by atoms with Gasteiger partial charge in [-0.1, -0.05) is 23.9 Å². The molecule has 1 heterocycles. The molecule has 2 rings (SSSR count). The number of thioether (sulfide) groups is 1. The fourth-order valence-corrected chi connectivity index (χ4v) is 3.85. The van der Waals surface area contributed by atoms with E-state index in [1.165, 1.54) is 32.4 Å². The van der Waals surface area contributed by atoms with Crippen molar-refractivity contribution < 1.29 is 18.0 Å². The van der Waals surface area contributed by atoms with E-state index in [4.69, 9.17) is 0 Å². The molecule has 0 saturated heterocycles. The molecule has 0 spiro atoms. The first-order valence-corrected chi connectivity index (χ1v) is 11.2. The van der Waals surface area contributed by atoms with Crippen LogP contribution in [0.4, 0.5) is 5.69 Å². The molecular weight excluding hydrogens is 468 g/mol. The summed E-state index contributed by atoms with van der Waals surface area (Å²) in [4.78, 5) is 27.9. The van der Waals surface area contributed by atoms with Gasteiger partial charge in [-0.3, -0.25) is 9.59 Å². The molecule has 2 amide bonds. The van der Waals surface area contributed by atoms with Crippen LogP contribution in [0.25, 0.3) is 0 Å². The van der Waals surface area contributed by atoms with Gasteiger partial charge >= 0.3 is 0 Å². The lowest BCUT2D eigenvalue weighted by Crippen LogP contribution is -2.33. The van der Waals surface area contributed by atoms with E-state index in [1.807, 2.05) is 6.07 Å². The van der Waals surface area contributed by atoms with Crippen LogP contribution in [0.2, 0.25) is 0 Å². The number of nitrogens with zero attached hydrogens (tertiary/aromatic N) is 2. The molecule has 0 atom stereocenters. The first kappa shape index (κ1) is 22.3. The van der Waals surface area contributed by atoms with Crippen molar-refractivity contribution in [2.24, 2.45) is 0 Å². The highest BCUT2D eigenvalue weighted by molar-refractivity contribution is 9.10. The molecule has 2 N–H and O–H groups in total. The zero-order chi connectivity index (χ0) is 20.7. The molecule has 8 nitrogen and oxygen atoms in total. The summed E-state index contributed by atoms with van der Waals surface area (Å²) >= 11 is 4.47. The van der Waals surface area contributed by atoms with Gasteiger partial charge < -0.3 is 10.6 Å². The third-order valence-corrected chi connectivity index (χ3v) is 6.87. The monoisotopic (exact) mass is 486 g/mol. The maximum Gasteiger partial charge on any atom is 0.244 e. The van der Waals surface area contributed by atoms with Crippen LogP contribution in [0.15, 0.2) is 57.0 Å². The van der Waals surface area contributed by atoms with E-state index in [9.17, 15) is 18.0 Å². The predicted octanol–water partition coefficient (Wildman–Crippen LogP) is 1.94. The van der Waals surface area contributed by atoms with Crippen molar-refractivity contribution in [2.45, 2.75) is 9.92 Å². The zero-order valence-corrected chi connectivity index (χ0v) is 18.4. The number of halogens is 1. The number of carbonyl (C=O) groups is 2. The number of hydrogen-bond acceptors (Lipinski definition) is 6. The lowest BCUT2D eigenvalue weighted by Gasteiger charge is -2.11. The Balaban J connectivity index is 1.79. The summed E-state index contributed by atoms with van der Waals surface area (Å²) in [5, 5.41) is 5.72. The predicted molar refractivity (Wildman–Crippen MR) is 112 cm³/mol. The lowest BCUT2D eigenvalue weighted by molar-refractivity contribution is -0.122.